The van der Waals surface area contributed by atoms with Crippen molar-refractivity contribution in [1.82, 2.24) is 4.98 Å². The van der Waals surface area contributed by atoms with E-state index in [1.165, 1.54) is 7.11 Å². The van der Waals surface area contributed by atoms with Crippen molar-refractivity contribution >= 4 is 27.5 Å². The lowest BCUT2D eigenvalue weighted by molar-refractivity contribution is -0.117. The summed E-state index contributed by atoms with van der Waals surface area (Å²) in [7, 11) is 1.51. The van der Waals surface area contributed by atoms with Gasteiger partial charge in [-0.15, -0.1) is 0 Å². The summed E-state index contributed by atoms with van der Waals surface area (Å²) in [4.78, 5) is 15.6. The number of anilines is 1. The molecule has 0 radical (unpaired) electrons. The van der Waals surface area contributed by atoms with Gasteiger partial charge in [0.2, 0.25) is 11.8 Å². The summed E-state index contributed by atoms with van der Waals surface area (Å²) < 4.78 is 4.40. The molecule has 1 amide bonds. The second-order valence-electron chi connectivity index (χ2n) is 3.49. The summed E-state index contributed by atoms with van der Waals surface area (Å²) in [6.07, 6.45) is 1.60. The molecule has 0 saturated heterocycles. The van der Waals surface area contributed by atoms with Crippen LogP contribution >= 0.6 is 15.9 Å². The fraction of sp³-hybridized carbons (Fsp3) is 0.400. The molecule has 1 rings (SSSR count). The van der Waals surface area contributed by atoms with Crippen LogP contribution in [0.5, 0.6) is 5.88 Å². The number of ether oxygens (including phenoxy) is 1. The maximum atomic E-state index is 11.7. The zero-order valence-corrected chi connectivity index (χ0v) is 10.5. The molecule has 0 unspecified atom stereocenters. The second-order valence-corrected chi connectivity index (χ2v) is 5.47. The van der Waals surface area contributed by atoms with Gasteiger partial charge in [0.25, 0.3) is 0 Å². The molecule has 1 heterocycles. The van der Waals surface area contributed by atoms with Crippen LogP contribution in [0.2, 0.25) is 0 Å². The zero-order valence-electron chi connectivity index (χ0n) is 8.87. The first-order chi connectivity index (χ1) is 6.95. The topological polar surface area (TPSA) is 51.2 Å². The van der Waals surface area contributed by atoms with Gasteiger partial charge in [-0.05, 0) is 26.0 Å². The molecule has 0 atom stereocenters. The molecule has 1 aromatic rings. The maximum Gasteiger partial charge on any atom is 0.240 e. The molecule has 0 spiro atoms. The number of carbonyl (C=O) groups is 1. The number of rotatable bonds is 3. The summed E-state index contributed by atoms with van der Waals surface area (Å²) in [6.45, 7) is 3.54. The van der Waals surface area contributed by atoms with Gasteiger partial charge in [-0.1, -0.05) is 15.9 Å². The van der Waals surface area contributed by atoms with Crippen LogP contribution in [-0.4, -0.2) is 22.3 Å². The van der Waals surface area contributed by atoms with E-state index >= 15 is 0 Å². The molecule has 1 aromatic heterocycles. The Morgan fingerprint density at radius 3 is 2.80 bits per heavy atom. The average Bonchev–Trinajstić information content (AvgIpc) is 2.17. The zero-order chi connectivity index (χ0) is 11.5. The lowest BCUT2D eigenvalue weighted by Crippen LogP contribution is -2.31. The van der Waals surface area contributed by atoms with Gasteiger partial charge in [0, 0.05) is 6.20 Å². The van der Waals surface area contributed by atoms with Crippen molar-refractivity contribution < 1.29 is 9.53 Å². The van der Waals surface area contributed by atoms with Gasteiger partial charge in [-0.3, -0.25) is 4.79 Å². The van der Waals surface area contributed by atoms with Crippen molar-refractivity contribution in [1.29, 1.82) is 0 Å². The third-order valence-electron chi connectivity index (χ3n) is 1.75. The molecule has 0 bridgehead atoms. The van der Waals surface area contributed by atoms with E-state index in [1.54, 1.807) is 32.2 Å². The number of methoxy groups -OCH3 is 1. The van der Waals surface area contributed by atoms with Crippen LogP contribution in [-0.2, 0) is 4.79 Å². The molecule has 15 heavy (non-hydrogen) atoms. The van der Waals surface area contributed by atoms with E-state index in [2.05, 4.69) is 26.2 Å². The lowest BCUT2D eigenvalue weighted by Gasteiger charge is -2.16. The smallest absolute Gasteiger partial charge is 0.240 e. The molecule has 0 aliphatic carbocycles. The van der Waals surface area contributed by atoms with Gasteiger partial charge in [0.05, 0.1) is 11.4 Å². The molecule has 0 fully saturated rings. The van der Waals surface area contributed by atoms with Crippen molar-refractivity contribution in [3.63, 3.8) is 0 Å². The Morgan fingerprint density at radius 2 is 2.27 bits per heavy atom. The second kappa shape index (κ2) is 4.61. The summed E-state index contributed by atoms with van der Waals surface area (Å²) >= 11 is 3.27. The third kappa shape index (κ3) is 3.20. The fourth-order valence-corrected chi connectivity index (χ4v) is 1.02. The number of halogens is 1. The van der Waals surface area contributed by atoms with Crippen molar-refractivity contribution in [2.75, 3.05) is 12.4 Å². The van der Waals surface area contributed by atoms with E-state index in [1.807, 2.05) is 0 Å². The quantitative estimate of drug-likeness (QED) is 0.859. The van der Waals surface area contributed by atoms with Crippen LogP contribution in [0, 0.1) is 0 Å². The van der Waals surface area contributed by atoms with Gasteiger partial charge in [-0.25, -0.2) is 4.98 Å². The summed E-state index contributed by atoms with van der Waals surface area (Å²) in [5.74, 6) is 0.261. The minimum absolute atomic E-state index is 0.145. The highest BCUT2D eigenvalue weighted by atomic mass is 79.9. The third-order valence-corrected chi connectivity index (χ3v) is 2.11. The van der Waals surface area contributed by atoms with Gasteiger partial charge < -0.3 is 10.1 Å². The molecule has 82 valence electrons. The van der Waals surface area contributed by atoms with E-state index in [9.17, 15) is 4.79 Å². The first-order valence-electron chi connectivity index (χ1n) is 4.44. The number of alkyl halides is 1. The van der Waals surface area contributed by atoms with E-state index in [0.717, 1.165) is 0 Å². The lowest BCUT2D eigenvalue weighted by atomic mass is 10.2. The van der Waals surface area contributed by atoms with Crippen molar-refractivity contribution in [3.05, 3.63) is 18.3 Å². The Bertz CT molecular complexity index is 361. The van der Waals surface area contributed by atoms with Crippen molar-refractivity contribution in [2.45, 2.75) is 18.2 Å². The number of amides is 1. The number of hydrogen-bond donors (Lipinski definition) is 1. The Morgan fingerprint density at radius 1 is 1.60 bits per heavy atom. The van der Waals surface area contributed by atoms with Crippen LogP contribution in [0.1, 0.15) is 13.8 Å². The Labute approximate surface area is 97.2 Å². The van der Waals surface area contributed by atoms with E-state index in [4.69, 9.17) is 4.74 Å². The largest absolute Gasteiger partial charge is 0.480 e. The minimum atomic E-state index is -0.617. The SMILES string of the molecule is COc1ncccc1NC(=O)C(C)(C)Br. The van der Waals surface area contributed by atoms with Crippen molar-refractivity contribution in [3.8, 4) is 5.88 Å². The van der Waals surface area contributed by atoms with Crippen LogP contribution in [0.15, 0.2) is 18.3 Å². The Kier molecular flexibility index (Phi) is 3.68. The molecule has 4 nitrogen and oxygen atoms in total. The molecule has 0 aliphatic heterocycles. The molecular weight excluding hydrogens is 260 g/mol. The molecule has 5 heteroatoms. The van der Waals surface area contributed by atoms with Crippen LogP contribution in [0.3, 0.4) is 0 Å². The number of nitrogens with zero attached hydrogens (tertiary/aromatic N) is 1. The van der Waals surface area contributed by atoms with Crippen LogP contribution < -0.4 is 10.1 Å². The van der Waals surface area contributed by atoms with Gasteiger partial charge in [0.1, 0.15) is 5.69 Å². The standard InChI is InChI=1S/C10H13BrN2O2/c1-10(2,11)9(14)13-7-5-4-6-12-8(7)15-3/h4-6H,1-3H3,(H,13,14). The summed E-state index contributed by atoms with van der Waals surface area (Å²) in [5, 5.41) is 2.73. The number of aromatic nitrogens is 1. The number of hydrogen-bond acceptors (Lipinski definition) is 3. The number of pyridine rings is 1. The molecule has 1 N–H and O–H groups in total. The predicted molar refractivity (Wildman–Crippen MR) is 62.4 cm³/mol. The monoisotopic (exact) mass is 272 g/mol. The molecular formula is C10H13BrN2O2. The van der Waals surface area contributed by atoms with E-state index < -0.39 is 4.32 Å². The Balaban J connectivity index is 2.85. The highest BCUT2D eigenvalue weighted by Gasteiger charge is 2.24. The first kappa shape index (κ1) is 12.0. The van der Waals surface area contributed by atoms with Gasteiger partial charge >= 0.3 is 0 Å². The van der Waals surface area contributed by atoms with Gasteiger partial charge in [0.15, 0.2) is 0 Å². The first-order valence-corrected chi connectivity index (χ1v) is 5.24. The van der Waals surface area contributed by atoms with Crippen LogP contribution in [0.4, 0.5) is 5.69 Å². The highest BCUT2D eigenvalue weighted by Crippen LogP contribution is 2.23. The molecule has 0 aromatic carbocycles. The number of nitrogens with one attached hydrogen (secondary N) is 1. The van der Waals surface area contributed by atoms with Crippen molar-refractivity contribution in [2.24, 2.45) is 0 Å². The average molecular weight is 273 g/mol. The number of carbonyl (C=O) groups excluding carboxylic acids is 1. The summed E-state index contributed by atoms with van der Waals surface area (Å²) in [6, 6.07) is 3.47. The normalized spacial score (nSPS) is 10.9. The van der Waals surface area contributed by atoms with E-state index in [-0.39, 0.29) is 5.91 Å². The minimum Gasteiger partial charge on any atom is -0.480 e. The molecule has 0 aliphatic rings. The predicted octanol–water partition coefficient (Wildman–Crippen LogP) is 2.20. The van der Waals surface area contributed by atoms with Gasteiger partial charge in [-0.2, -0.15) is 0 Å². The van der Waals surface area contributed by atoms with Crippen LogP contribution in [0.25, 0.3) is 0 Å². The Hall–Kier alpha value is -1.10. The maximum absolute atomic E-state index is 11.7. The highest BCUT2D eigenvalue weighted by molar-refractivity contribution is 9.10. The molecule has 0 saturated carbocycles. The summed E-state index contributed by atoms with van der Waals surface area (Å²) in [5.41, 5.74) is 0.567. The fourth-order valence-electron chi connectivity index (χ4n) is 0.920. The van der Waals surface area contributed by atoms with E-state index in [0.29, 0.717) is 11.6 Å².